The lowest BCUT2D eigenvalue weighted by molar-refractivity contribution is 0.282. The molecule has 0 bridgehead atoms. The van der Waals surface area contributed by atoms with E-state index in [9.17, 15) is 0 Å². The quantitative estimate of drug-likeness (QED) is 0.308. The molecule has 0 aliphatic heterocycles. The van der Waals surface area contributed by atoms with Gasteiger partial charge in [-0.2, -0.15) is 0 Å². The molecule has 0 saturated carbocycles. The average Bonchev–Trinajstić information content (AvgIpc) is 2.44. The average molecular weight is 299 g/mol. The molecule has 1 nitrogen and oxygen atoms in total. The van der Waals surface area contributed by atoms with Gasteiger partial charge in [-0.1, -0.05) is 97.8 Å². The molecule has 0 unspecified atom stereocenters. The van der Waals surface area contributed by atoms with Crippen molar-refractivity contribution in [2.45, 2.75) is 117 Å². The Labute approximate surface area is 134 Å². The summed E-state index contributed by atoms with van der Waals surface area (Å²) in [7, 11) is 0. The molecular formula is C20H42O. The van der Waals surface area contributed by atoms with Crippen LogP contribution in [0.5, 0.6) is 0 Å². The van der Waals surface area contributed by atoms with Crippen molar-refractivity contribution in [2.75, 3.05) is 6.61 Å². The van der Waals surface area contributed by atoms with Crippen LogP contribution in [0.25, 0.3) is 0 Å². The number of unbranched alkanes of at least 4 members (excludes halogenated alkanes) is 11. The lowest BCUT2D eigenvalue weighted by atomic mass is 9.83. The maximum atomic E-state index is 8.70. The standard InChI is InChI=1S/C20H42O/c1-4-17-20(2,3)18-15-13-11-9-7-5-6-8-10-12-14-16-19-21/h21H,4-19H2,1-3H3. The maximum absolute atomic E-state index is 8.70. The van der Waals surface area contributed by atoms with Gasteiger partial charge in [0.1, 0.15) is 0 Å². The zero-order chi connectivity index (χ0) is 15.8. The van der Waals surface area contributed by atoms with Gasteiger partial charge < -0.3 is 5.11 Å². The molecule has 0 atom stereocenters. The number of rotatable bonds is 16. The van der Waals surface area contributed by atoms with E-state index in [4.69, 9.17) is 5.11 Å². The number of aliphatic hydroxyl groups is 1. The van der Waals surface area contributed by atoms with Gasteiger partial charge in [-0.05, 0) is 24.7 Å². The van der Waals surface area contributed by atoms with E-state index in [1.807, 2.05) is 0 Å². The van der Waals surface area contributed by atoms with E-state index in [0.717, 1.165) is 6.42 Å². The lowest BCUT2D eigenvalue weighted by Gasteiger charge is -2.23. The van der Waals surface area contributed by atoms with Crippen molar-refractivity contribution in [2.24, 2.45) is 5.41 Å². The zero-order valence-electron chi connectivity index (χ0n) is 15.3. The van der Waals surface area contributed by atoms with Crippen LogP contribution in [-0.4, -0.2) is 11.7 Å². The second kappa shape index (κ2) is 14.9. The summed E-state index contributed by atoms with van der Waals surface area (Å²) in [6.45, 7) is 7.53. The fourth-order valence-corrected chi connectivity index (χ4v) is 3.28. The Balaban J connectivity index is 3.12. The van der Waals surface area contributed by atoms with Crippen LogP contribution >= 0.6 is 0 Å². The number of aliphatic hydroxyl groups excluding tert-OH is 1. The largest absolute Gasteiger partial charge is 0.396 e. The molecule has 0 radical (unpaired) electrons. The Morgan fingerprint density at radius 1 is 0.571 bits per heavy atom. The number of hydrogen-bond donors (Lipinski definition) is 1. The summed E-state index contributed by atoms with van der Waals surface area (Å²) in [4.78, 5) is 0. The van der Waals surface area contributed by atoms with Crippen LogP contribution < -0.4 is 0 Å². The van der Waals surface area contributed by atoms with Gasteiger partial charge in [0.15, 0.2) is 0 Å². The molecule has 0 heterocycles. The van der Waals surface area contributed by atoms with E-state index in [2.05, 4.69) is 20.8 Å². The van der Waals surface area contributed by atoms with Crippen LogP contribution in [0.4, 0.5) is 0 Å². The molecule has 1 N–H and O–H groups in total. The predicted molar refractivity (Wildman–Crippen MR) is 95.8 cm³/mol. The third-order valence-electron chi connectivity index (χ3n) is 4.69. The molecule has 128 valence electrons. The van der Waals surface area contributed by atoms with Crippen LogP contribution in [0.3, 0.4) is 0 Å². The highest BCUT2D eigenvalue weighted by atomic mass is 16.2. The van der Waals surface area contributed by atoms with Crippen molar-refractivity contribution in [1.82, 2.24) is 0 Å². The van der Waals surface area contributed by atoms with E-state index in [1.54, 1.807) is 0 Å². The summed E-state index contributed by atoms with van der Waals surface area (Å²) in [5.74, 6) is 0. The monoisotopic (exact) mass is 298 g/mol. The third kappa shape index (κ3) is 16.2. The summed E-state index contributed by atoms with van der Waals surface area (Å²) in [6, 6.07) is 0. The second-order valence-electron chi connectivity index (χ2n) is 7.63. The Kier molecular flexibility index (Phi) is 14.9. The molecule has 21 heavy (non-hydrogen) atoms. The molecule has 0 fully saturated rings. The van der Waals surface area contributed by atoms with Gasteiger partial charge >= 0.3 is 0 Å². The minimum absolute atomic E-state index is 0.371. The molecule has 0 saturated heterocycles. The molecule has 0 aromatic carbocycles. The van der Waals surface area contributed by atoms with Crippen LogP contribution in [-0.2, 0) is 0 Å². The van der Waals surface area contributed by atoms with Gasteiger partial charge in [-0.3, -0.25) is 0 Å². The third-order valence-corrected chi connectivity index (χ3v) is 4.69. The fourth-order valence-electron chi connectivity index (χ4n) is 3.28. The highest BCUT2D eigenvalue weighted by molar-refractivity contribution is 4.67. The van der Waals surface area contributed by atoms with Crippen molar-refractivity contribution in [3.63, 3.8) is 0 Å². The van der Waals surface area contributed by atoms with E-state index in [1.165, 1.54) is 89.9 Å². The minimum Gasteiger partial charge on any atom is -0.396 e. The summed E-state index contributed by atoms with van der Waals surface area (Å²) in [5.41, 5.74) is 0.574. The zero-order valence-corrected chi connectivity index (χ0v) is 15.3. The SMILES string of the molecule is CCCC(C)(C)CCCCCCCCCCCCCCO. The normalized spacial score (nSPS) is 12.0. The van der Waals surface area contributed by atoms with Crippen LogP contribution in [0.1, 0.15) is 117 Å². The fraction of sp³-hybridized carbons (Fsp3) is 1.00. The molecule has 0 rings (SSSR count). The van der Waals surface area contributed by atoms with E-state index in [0.29, 0.717) is 12.0 Å². The highest BCUT2D eigenvalue weighted by Crippen LogP contribution is 2.29. The van der Waals surface area contributed by atoms with Gasteiger partial charge in [0, 0.05) is 6.61 Å². The van der Waals surface area contributed by atoms with Crippen LogP contribution in [0.15, 0.2) is 0 Å². The molecular weight excluding hydrogens is 256 g/mol. The summed E-state index contributed by atoms with van der Waals surface area (Å²) in [5, 5.41) is 8.70. The van der Waals surface area contributed by atoms with Gasteiger partial charge in [0.2, 0.25) is 0 Å². The minimum atomic E-state index is 0.371. The Hall–Kier alpha value is -0.0400. The van der Waals surface area contributed by atoms with E-state index < -0.39 is 0 Å². The summed E-state index contributed by atoms with van der Waals surface area (Å²) >= 11 is 0. The van der Waals surface area contributed by atoms with Crippen LogP contribution in [0.2, 0.25) is 0 Å². The smallest absolute Gasteiger partial charge is 0.0431 e. The molecule has 0 aromatic heterocycles. The van der Waals surface area contributed by atoms with Gasteiger partial charge in [-0.15, -0.1) is 0 Å². The first-order valence-corrected chi connectivity index (χ1v) is 9.73. The lowest BCUT2D eigenvalue weighted by Crippen LogP contribution is -2.10. The van der Waals surface area contributed by atoms with Gasteiger partial charge in [-0.25, -0.2) is 0 Å². The Morgan fingerprint density at radius 3 is 1.33 bits per heavy atom. The van der Waals surface area contributed by atoms with Gasteiger partial charge in [0.25, 0.3) is 0 Å². The predicted octanol–water partition coefficient (Wildman–Crippen LogP) is 6.88. The number of hydrogen-bond acceptors (Lipinski definition) is 1. The summed E-state index contributed by atoms with van der Waals surface area (Å²) in [6.07, 6.45) is 20.5. The van der Waals surface area contributed by atoms with E-state index in [-0.39, 0.29) is 0 Å². The Morgan fingerprint density at radius 2 is 0.952 bits per heavy atom. The molecule has 0 amide bonds. The molecule has 1 heteroatoms. The molecule has 0 aliphatic rings. The van der Waals surface area contributed by atoms with Crippen molar-refractivity contribution in [3.8, 4) is 0 Å². The first-order valence-electron chi connectivity index (χ1n) is 9.73. The van der Waals surface area contributed by atoms with E-state index >= 15 is 0 Å². The van der Waals surface area contributed by atoms with Crippen molar-refractivity contribution >= 4 is 0 Å². The molecule has 0 spiro atoms. The topological polar surface area (TPSA) is 20.2 Å². The Bertz CT molecular complexity index is 198. The second-order valence-corrected chi connectivity index (χ2v) is 7.63. The molecule has 0 aliphatic carbocycles. The van der Waals surface area contributed by atoms with Crippen molar-refractivity contribution in [1.29, 1.82) is 0 Å². The van der Waals surface area contributed by atoms with Crippen molar-refractivity contribution in [3.05, 3.63) is 0 Å². The summed E-state index contributed by atoms with van der Waals surface area (Å²) < 4.78 is 0. The first kappa shape index (κ1) is 21.0. The molecule has 0 aromatic rings. The van der Waals surface area contributed by atoms with Gasteiger partial charge in [0.05, 0.1) is 0 Å². The first-order chi connectivity index (χ1) is 10.1. The van der Waals surface area contributed by atoms with Crippen molar-refractivity contribution < 1.29 is 5.11 Å². The van der Waals surface area contributed by atoms with Crippen LogP contribution in [0, 0.1) is 5.41 Å². The highest BCUT2D eigenvalue weighted by Gasteiger charge is 2.15. The maximum Gasteiger partial charge on any atom is 0.0431 e.